The van der Waals surface area contributed by atoms with Gasteiger partial charge in [-0.3, -0.25) is 0 Å². The van der Waals surface area contributed by atoms with Gasteiger partial charge in [0.25, 0.3) is 0 Å². The topological polar surface area (TPSA) is 45.0 Å². The van der Waals surface area contributed by atoms with E-state index in [4.69, 9.17) is 4.74 Å². The highest BCUT2D eigenvalue weighted by molar-refractivity contribution is 5.52. The first-order chi connectivity index (χ1) is 9.61. The molecule has 2 unspecified atom stereocenters. The van der Waals surface area contributed by atoms with Crippen LogP contribution in [-0.2, 0) is 0 Å². The molecule has 0 spiro atoms. The van der Waals surface area contributed by atoms with Gasteiger partial charge in [0, 0.05) is 11.8 Å². The molecule has 2 rings (SSSR count). The maximum absolute atomic E-state index is 9.80. The van der Waals surface area contributed by atoms with Crippen molar-refractivity contribution in [3.05, 3.63) is 24.3 Å². The number of nitrogens with one attached hydrogen (secondary N) is 1. The molecule has 1 saturated carbocycles. The van der Waals surface area contributed by atoms with Crippen LogP contribution in [0.2, 0.25) is 0 Å². The van der Waals surface area contributed by atoms with Crippen molar-refractivity contribution in [1.29, 1.82) is 5.26 Å². The lowest BCUT2D eigenvalue weighted by molar-refractivity contribution is 0.205. The van der Waals surface area contributed by atoms with Crippen molar-refractivity contribution in [2.24, 2.45) is 11.8 Å². The van der Waals surface area contributed by atoms with Gasteiger partial charge >= 0.3 is 0 Å². The first-order valence-electron chi connectivity index (χ1n) is 7.45. The van der Waals surface area contributed by atoms with E-state index in [0.717, 1.165) is 30.7 Å². The first-order valence-corrected chi connectivity index (χ1v) is 7.45. The number of rotatable bonds is 4. The summed E-state index contributed by atoms with van der Waals surface area (Å²) in [5, 5.41) is 13.3. The molecule has 1 aromatic carbocycles. The van der Waals surface area contributed by atoms with E-state index in [1.54, 1.807) is 7.11 Å². The molecule has 0 aromatic heterocycles. The molecule has 2 atom stereocenters. The Kier molecular flexibility index (Phi) is 4.54. The number of hydrogen-bond donors (Lipinski definition) is 1. The van der Waals surface area contributed by atoms with Crippen LogP contribution in [0.5, 0.6) is 5.75 Å². The summed E-state index contributed by atoms with van der Waals surface area (Å²) in [7, 11) is 1.66. The first kappa shape index (κ1) is 14.7. The quantitative estimate of drug-likeness (QED) is 0.892. The summed E-state index contributed by atoms with van der Waals surface area (Å²) < 4.78 is 5.26. The molecule has 1 aliphatic carbocycles. The number of anilines is 1. The molecule has 1 N–H and O–H groups in total. The van der Waals surface area contributed by atoms with Gasteiger partial charge in [0.15, 0.2) is 0 Å². The van der Waals surface area contributed by atoms with Crippen molar-refractivity contribution in [1.82, 2.24) is 0 Å². The summed E-state index contributed by atoms with van der Waals surface area (Å²) >= 11 is 0. The molecule has 0 amide bonds. The fourth-order valence-electron chi connectivity index (χ4n) is 3.38. The Balaban J connectivity index is 2.27. The fraction of sp³-hybridized carbons (Fsp3) is 0.588. The van der Waals surface area contributed by atoms with Crippen molar-refractivity contribution < 1.29 is 4.74 Å². The Hall–Kier alpha value is -1.69. The third-order valence-corrected chi connectivity index (χ3v) is 4.41. The molecule has 3 heteroatoms. The van der Waals surface area contributed by atoms with E-state index in [-0.39, 0.29) is 0 Å². The molecule has 1 aliphatic rings. The molecule has 3 nitrogen and oxygen atoms in total. The number of hydrogen-bond acceptors (Lipinski definition) is 3. The van der Waals surface area contributed by atoms with Gasteiger partial charge in [-0.2, -0.15) is 5.26 Å². The van der Waals surface area contributed by atoms with Crippen LogP contribution >= 0.6 is 0 Å². The van der Waals surface area contributed by atoms with E-state index >= 15 is 0 Å². The van der Waals surface area contributed by atoms with E-state index in [1.165, 1.54) is 6.42 Å². The molecule has 0 saturated heterocycles. The maximum Gasteiger partial charge on any atom is 0.128 e. The number of ether oxygens (including phenoxy) is 1. The minimum absolute atomic E-state index is 0.396. The van der Waals surface area contributed by atoms with Crippen LogP contribution in [0.1, 0.15) is 39.5 Å². The smallest absolute Gasteiger partial charge is 0.128 e. The highest BCUT2D eigenvalue weighted by Gasteiger charge is 2.42. The molecule has 0 radical (unpaired) electrons. The number of nitriles is 1. The Bertz CT molecular complexity index is 492. The van der Waals surface area contributed by atoms with Crippen LogP contribution in [-0.4, -0.2) is 12.6 Å². The molecule has 0 aliphatic heterocycles. The largest absolute Gasteiger partial charge is 0.497 e. The van der Waals surface area contributed by atoms with Gasteiger partial charge in [-0.25, -0.2) is 0 Å². The standard InChI is InChI=1S/C17H24N2O/c1-13(2)16-9-4-5-10-17(16,12-18)19-14-7-6-8-15(11-14)20-3/h6-8,11,13,16,19H,4-5,9-10H2,1-3H3. The summed E-state index contributed by atoms with van der Waals surface area (Å²) in [6, 6.07) is 10.4. The van der Waals surface area contributed by atoms with Crippen molar-refractivity contribution >= 4 is 5.69 Å². The highest BCUT2D eigenvalue weighted by atomic mass is 16.5. The number of methoxy groups -OCH3 is 1. The Labute approximate surface area is 121 Å². The highest BCUT2D eigenvalue weighted by Crippen LogP contribution is 2.40. The van der Waals surface area contributed by atoms with Crippen LogP contribution in [0.4, 0.5) is 5.69 Å². The molecule has 20 heavy (non-hydrogen) atoms. The lowest BCUT2D eigenvalue weighted by atomic mass is 9.68. The number of benzene rings is 1. The van der Waals surface area contributed by atoms with Crippen LogP contribution in [0.15, 0.2) is 24.3 Å². The van der Waals surface area contributed by atoms with Gasteiger partial charge in [-0.1, -0.05) is 32.8 Å². The van der Waals surface area contributed by atoms with Gasteiger partial charge < -0.3 is 10.1 Å². The molecule has 0 bridgehead atoms. The normalized spacial score (nSPS) is 26.1. The molecular weight excluding hydrogens is 248 g/mol. The van der Waals surface area contributed by atoms with E-state index < -0.39 is 5.54 Å². The second-order valence-corrected chi connectivity index (χ2v) is 6.04. The Morgan fingerprint density at radius 3 is 2.85 bits per heavy atom. The predicted molar refractivity (Wildman–Crippen MR) is 81.8 cm³/mol. The third-order valence-electron chi connectivity index (χ3n) is 4.41. The third kappa shape index (κ3) is 2.90. The van der Waals surface area contributed by atoms with Gasteiger partial charge in [0.2, 0.25) is 0 Å². The summed E-state index contributed by atoms with van der Waals surface area (Å²) in [5.74, 6) is 1.72. The van der Waals surface area contributed by atoms with Crippen molar-refractivity contribution in [2.75, 3.05) is 12.4 Å². The van der Waals surface area contributed by atoms with E-state index in [2.05, 4.69) is 25.2 Å². The van der Waals surface area contributed by atoms with Crippen molar-refractivity contribution in [3.63, 3.8) is 0 Å². The Morgan fingerprint density at radius 2 is 2.20 bits per heavy atom. The lowest BCUT2D eigenvalue weighted by Crippen LogP contribution is -2.48. The van der Waals surface area contributed by atoms with Gasteiger partial charge in [0.1, 0.15) is 11.3 Å². The average Bonchev–Trinajstić information content (AvgIpc) is 2.47. The van der Waals surface area contributed by atoms with Crippen molar-refractivity contribution in [2.45, 2.75) is 45.1 Å². The SMILES string of the molecule is COc1cccc(NC2(C#N)CCCCC2C(C)C)c1. The van der Waals surface area contributed by atoms with Crippen LogP contribution in [0.25, 0.3) is 0 Å². The van der Waals surface area contributed by atoms with Gasteiger partial charge in [0.05, 0.1) is 13.2 Å². The second kappa shape index (κ2) is 6.17. The monoisotopic (exact) mass is 272 g/mol. The molecule has 108 valence electrons. The zero-order chi connectivity index (χ0) is 14.6. The minimum atomic E-state index is -0.446. The molecule has 0 heterocycles. The zero-order valence-corrected chi connectivity index (χ0v) is 12.6. The molecule has 1 fully saturated rings. The lowest BCUT2D eigenvalue weighted by Gasteiger charge is -2.42. The molecular formula is C17H24N2O. The van der Waals surface area contributed by atoms with Crippen LogP contribution in [0, 0.1) is 23.2 Å². The Morgan fingerprint density at radius 1 is 1.40 bits per heavy atom. The summed E-state index contributed by atoms with van der Waals surface area (Å²) in [6.45, 7) is 4.44. The summed E-state index contributed by atoms with van der Waals surface area (Å²) in [4.78, 5) is 0. The fourth-order valence-corrected chi connectivity index (χ4v) is 3.38. The van der Waals surface area contributed by atoms with Gasteiger partial charge in [-0.05, 0) is 36.8 Å². The predicted octanol–water partition coefficient (Wildman–Crippen LogP) is 4.22. The van der Waals surface area contributed by atoms with Crippen LogP contribution < -0.4 is 10.1 Å². The summed E-state index contributed by atoms with van der Waals surface area (Å²) in [6.07, 6.45) is 4.39. The van der Waals surface area contributed by atoms with Crippen molar-refractivity contribution in [3.8, 4) is 11.8 Å². The summed E-state index contributed by atoms with van der Waals surface area (Å²) in [5.41, 5.74) is 0.525. The maximum atomic E-state index is 9.80. The second-order valence-electron chi connectivity index (χ2n) is 6.04. The van der Waals surface area contributed by atoms with E-state index in [0.29, 0.717) is 11.8 Å². The van der Waals surface area contributed by atoms with E-state index in [9.17, 15) is 5.26 Å². The van der Waals surface area contributed by atoms with Gasteiger partial charge in [-0.15, -0.1) is 0 Å². The number of nitrogens with zero attached hydrogens (tertiary/aromatic N) is 1. The van der Waals surface area contributed by atoms with E-state index in [1.807, 2.05) is 24.3 Å². The minimum Gasteiger partial charge on any atom is -0.497 e. The zero-order valence-electron chi connectivity index (χ0n) is 12.6. The average molecular weight is 272 g/mol. The van der Waals surface area contributed by atoms with Crippen LogP contribution in [0.3, 0.4) is 0 Å². The molecule has 1 aromatic rings.